The fourth-order valence-corrected chi connectivity index (χ4v) is 5.49. The number of carboxylic acid groups (broad SMARTS) is 1. The number of carbonyl (C=O) groups excluding carboxylic acids is 3. The molecule has 0 saturated carbocycles. The van der Waals surface area contributed by atoms with Gasteiger partial charge in [0, 0.05) is 10.6 Å². The third kappa shape index (κ3) is 4.19. The minimum Gasteiger partial charge on any atom is -0.477 e. The van der Waals surface area contributed by atoms with E-state index in [2.05, 4.69) is 10.4 Å². The minimum absolute atomic E-state index is 0.127. The van der Waals surface area contributed by atoms with Crippen LogP contribution in [0.1, 0.15) is 18.2 Å². The van der Waals surface area contributed by atoms with Crippen molar-refractivity contribution in [3.05, 3.63) is 33.7 Å². The van der Waals surface area contributed by atoms with Gasteiger partial charge in [-0.15, -0.1) is 23.1 Å². The number of carbonyl (C=O) groups is 4. The van der Waals surface area contributed by atoms with Crippen LogP contribution < -0.4 is 11.2 Å². The van der Waals surface area contributed by atoms with Gasteiger partial charge in [0.2, 0.25) is 5.91 Å². The summed E-state index contributed by atoms with van der Waals surface area (Å²) in [4.78, 5) is 51.1. The predicted octanol–water partition coefficient (Wildman–Crippen LogP) is 0.297. The molecule has 0 radical (unpaired) electrons. The molecule has 3 heterocycles. The molecule has 4 N–H and O–H groups in total. The Kier molecular flexibility index (Phi) is 6.46. The summed E-state index contributed by atoms with van der Waals surface area (Å²) in [6.45, 7) is 1.46. The molecule has 10 nitrogen and oxygen atoms in total. The van der Waals surface area contributed by atoms with Crippen LogP contribution in [0.5, 0.6) is 0 Å². The fourth-order valence-electron chi connectivity index (χ4n) is 3.34. The molecule has 1 unspecified atom stereocenters. The molecule has 1 aromatic rings. The summed E-state index contributed by atoms with van der Waals surface area (Å²) >= 11 is 2.73. The summed E-state index contributed by atoms with van der Waals surface area (Å²) in [6, 6.07) is 3.66. The lowest BCUT2D eigenvalue weighted by molar-refractivity contribution is -0.158. The molecule has 2 aliphatic rings. The number of nitrogens with one attached hydrogen (secondary N) is 1. The lowest BCUT2D eigenvalue weighted by atomic mass is 9.87. The molecule has 12 heteroatoms. The molecule has 1 fully saturated rings. The van der Waals surface area contributed by atoms with Crippen LogP contribution in [0.25, 0.3) is 0 Å². The molecule has 2 atom stereocenters. The van der Waals surface area contributed by atoms with E-state index >= 15 is 0 Å². The maximum Gasteiger partial charge on any atom is 0.352 e. The van der Waals surface area contributed by atoms with Gasteiger partial charge >= 0.3 is 11.9 Å². The SMILES string of the molecule is CC1(NC(=O)Cc2cccs2)C(=O)N2C(C(=O)O)=C(CC(=O)OCC=NN)CS[C@H]21. The highest BCUT2D eigenvalue weighted by Gasteiger charge is 2.62. The molecule has 1 saturated heterocycles. The highest BCUT2D eigenvalue weighted by Crippen LogP contribution is 2.46. The average Bonchev–Trinajstić information content (AvgIpc) is 3.19. The van der Waals surface area contributed by atoms with Gasteiger partial charge in [0.25, 0.3) is 5.91 Å². The van der Waals surface area contributed by atoms with E-state index in [0.29, 0.717) is 0 Å². The Morgan fingerprint density at radius 2 is 2.23 bits per heavy atom. The quantitative estimate of drug-likeness (QED) is 0.167. The summed E-state index contributed by atoms with van der Waals surface area (Å²) < 4.78 is 4.90. The number of carboxylic acids is 1. The average molecular weight is 453 g/mol. The topological polar surface area (TPSA) is 151 Å². The van der Waals surface area contributed by atoms with E-state index in [1.807, 2.05) is 17.5 Å². The van der Waals surface area contributed by atoms with Crippen LogP contribution >= 0.6 is 23.1 Å². The number of hydrazone groups is 1. The van der Waals surface area contributed by atoms with Crippen molar-refractivity contribution < 1.29 is 29.0 Å². The van der Waals surface area contributed by atoms with Gasteiger partial charge in [-0.05, 0) is 23.9 Å². The zero-order valence-corrected chi connectivity index (χ0v) is 17.6. The number of thioether (sulfide) groups is 1. The van der Waals surface area contributed by atoms with E-state index in [1.54, 1.807) is 6.92 Å². The van der Waals surface area contributed by atoms with Crippen LogP contribution in [0.4, 0.5) is 0 Å². The number of esters is 1. The number of amides is 2. The zero-order valence-electron chi connectivity index (χ0n) is 16.0. The van der Waals surface area contributed by atoms with Crippen LogP contribution in [-0.2, 0) is 30.3 Å². The first kappa shape index (κ1) is 21.8. The Morgan fingerprint density at radius 1 is 1.47 bits per heavy atom. The first-order valence-corrected chi connectivity index (χ1v) is 10.8. The first-order valence-electron chi connectivity index (χ1n) is 8.89. The van der Waals surface area contributed by atoms with Gasteiger partial charge < -0.3 is 21.0 Å². The number of hydrogen-bond acceptors (Lipinski definition) is 9. The van der Waals surface area contributed by atoms with Crippen molar-refractivity contribution in [2.45, 2.75) is 30.7 Å². The summed E-state index contributed by atoms with van der Waals surface area (Å²) in [5.41, 5.74) is -1.18. The third-order valence-electron chi connectivity index (χ3n) is 4.68. The standard InChI is InChI=1S/C18H20N4O6S2/c1-18(21-12(23)8-11-3-2-6-29-11)16(27)22-14(15(25)26)10(9-30-17(18)22)7-13(24)28-5-4-20-19/h2-4,6,17H,5,7-9,19H2,1H3,(H,21,23)(H,25,26)/t17-,18?/m0/s1. The smallest absolute Gasteiger partial charge is 0.352 e. The number of nitrogens with two attached hydrogens (primary N) is 1. The van der Waals surface area contributed by atoms with Crippen molar-refractivity contribution in [3.63, 3.8) is 0 Å². The van der Waals surface area contributed by atoms with Crippen molar-refractivity contribution in [3.8, 4) is 0 Å². The van der Waals surface area contributed by atoms with Crippen molar-refractivity contribution in [2.24, 2.45) is 10.9 Å². The number of thiophene rings is 1. The van der Waals surface area contributed by atoms with Gasteiger partial charge in [-0.3, -0.25) is 19.3 Å². The molecule has 2 amide bonds. The van der Waals surface area contributed by atoms with Gasteiger partial charge in [-0.25, -0.2) is 4.79 Å². The highest BCUT2D eigenvalue weighted by atomic mass is 32.2. The van der Waals surface area contributed by atoms with Crippen LogP contribution in [0.3, 0.4) is 0 Å². The molecule has 3 rings (SSSR count). The highest BCUT2D eigenvalue weighted by molar-refractivity contribution is 8.00. The second-order valence-electron chi connectivity index (χ2n) is 6.79. The van der Waals surface area contributed by atoms with Gasteiger partial charge in [-0.1, -0.05) is 6.07 Å². The van der Waals surface area contributed by atoms with Gasteiger partial charge in [-0.2, -0.15) is 5.10 Å². The number of fused-ring (bicyclic) bond motifs is 1. The maximum absolute atomic E-state index is 12.9. The predicted molar refractivity (Wildman–Crippen MR) is 111 cm³/mol. The van der Waals surface area contributed by atoms with Gasteiger partial charge in [0.15, 0.2) is 0 Å². The number of hydrogen-bond donors (Lipinski definition) is 3. The molecule has 30 heavy (non-hydrogen) atoms. The Hall–Kier alpha value is -2.86. The van der Waals surface area contributed by atoms with E-state index in [-0.39, 0.29) is 42.4 Å². The number of nitrogens with zero attached hydrogens (tertiary/aromatic N) is 2. The van der Waals surface area contributed by atoms with Crippen molar-refractivity contribution in [2.75, 3.05) is 12.4 Å². The molecule has 0 bridgehead atoms. The number of rotatable bonds is 8. The maximum atomic E-state index is 12.9. The molecular formula is C18H20N4O6S2. The monoisotopic (exact) mass is 452 g/mol. The Morgan fingerprint density at radius 3 is 2.87 bits per heavy atom. The zero-order chi connectivity index (χ0) is 21.9. The molecular weight excluding hydrogens is 432 g/mol. The lowest BCUT2D eigenvalue weighted by Crippen LogP contribution is -2.78. The van der Waals surface area contributed by atoms with E-state index in [9.17, 15) is 24.3 Å². The van der Waals surface area contributed by atoms with Crippen molar-refractivity contribution in [1.29, 1.82) is 0 Å². The van der Waals surface area contributed by atoms with E-state index in [4.69, 9.17) is 10.6 Å². The van der Waals surface area contributed by atoms with E-state index in [0.717, 1.165) is 9.78 Å². The van der Waals surface area contributed by atoms with Crippen LogP contribution in [0.15, 0.2) is 33.9 Å². The lowest BCUT2D eigenvalue weighted by Gasteiger charge is -2.55. The number of β-lactam (4-membered cyclic amide) rings is 1. The van der Waals surface area contributed by atoms with E-state index in [1.165, 1.54) is 29.3 Å². The number of aliphatic carboxylic acids is 1. The Balaban J connectivity index is 1.73. The normalized spacial score (nSPS) is 23.2. The summed E-state index contributed by atoms with van der Waals surface area (Å²) in [7, 11) is 0. The Labute approximate surface area is 180 Å². The van der Waals surface area contributed by atoms with Gasteiger partial charge in [0.05, 0.1) is 19.1 Å². The second kappa shape index (κ2) is 8.88. The fraction of sp³-hybridized carbons (Fsp3) is 0.389. The molecule has 2 aliphatic heterocycles. The Bertz CT molecular complexity index is 929. The summed E-state index contributed by atoms with van der Waals surface area (Å²) in [5, 5.41) is 16.9. The van der Waals surface area contributed by atoms with Crippen LogP contribution in [0.2, 0.25) is 0 Å². The van der Waals surface area contributed by atoms with Crippen LogP contribution in [-0.4, -0.2) is 63.2 Å². The molecule has 1 aromatic heterocycles. The van der Waals surface area contributed by atoms with Crippen LogP contribution in [0, 0.1) is 0 Å². The van der Waals surface area contributed by atoms with E-state index < -0.39 is 28.8 Å². The molecule has 0 spiro atoms. The third-order valence-corrected chi connectivity index (χ3v) is 7.07. The first-order chi connectivity index (χ1) is 14.3. The molecule has 0 aliphatic carbocycles. The summed E-state index contributed by atoms with van der Waals surface area (Å²) in [6.07, 6.45) is 1.06. The largest absolute Gasteiger partial charge is 0.477 e. The second-order valence-corrected chi connectivity index (χ2v) is 8.89. The molecule has 0 aromatic carbocycles. The number of ether oxygens (including phenoxy) is 1. The van der Waals surface area contributed by atoms with Crippen molar-refractivity contribution >= 4 is 53.1 Å². The molecule has 160 valence electrons. The van der Waals surface area contributed by atoms with Gasteiger partial charge in [0.1, 0.15) is 23.2 Å². The minimum atomic E-state index is -1.31. The summed E-state index contributed by atoms with van der Waals surface area (Å²) in [5.74, 6) is 2.34. The van der Waals surface area contributed by atoms with Crippen molar-refractivity contribution in [1.82, 2.24) is 10.2 Å².